The number of aryl methyl sites for hydroxylation is 3. The van der Waals surface area contributed by atoms with Crippen LogP contribution in [0.25, 0.3) is 5.57 Å². The third kappa shape index (κ3) is 3.25. The van der Waals surface area contributed by atoms with Gasteiger partial charge in [0, 0.05) is 10.6 Å². The Labute approximate surface area is 168 Å². The molecule has 0 fully saturated rings. The summed E-state index contributed by atoms with van der Waals surface area (Å²) < 4.78 is 0. The lowest BCUT2D eigenvalue weighted by atomic mass is 10.1. The first-order valence-electron chi connectivity index (χ1n) is 9.03. The van der Waals surface area contributed by atoms with Crippen LogP contribution in [0.3, 0.4) is 0 Å². The number of nitrogens with zero attached hydrogens (tertiary/aromatic N) is 1. The van der Waals surface area contributed by atoms with Gasteiger partial charge < -0.3 is 5.32 Å². The van der Waals surface area contributed by atoms with Crippen molar-refractivity contribution in [2.45, 2.75) is 20.8 Å². The van der Waals surface area contributed by atoms with Crippen LogP contribution < -0.4 is 10.2 Å². The van der Waals surface area contributed by atoms with Crippen LogP contribution in [0.1, 0.15) is 21.6 Å². The molecule has 0 saturated carbocycles. The summed E-state index contributed by atoms with van der Waals surface area (Å²) in [4.78, 5) is 28.6. The fourth-order valence-corrected chi connectivity index (χ4v) is 4.26. The Morgan fingerprint density at radius 1 is 0.821 bits per heavy atom. The molecule has 1 aromatic heterocycles. The van der Waals surface area contributed by atoms with Gasteiger partial charge in [-0.3, -0.25) is 9.59 Å². The molecule has 0 saturated heterocycles. The van der Waals surface area contributed by atoms with E-state index >= 15 is 0 Å². The molecule has 1 aliphatic heterocycles. The maximum atomic E-state index is 13.3. The van der Waals surface area contributed by atoms with E-state index in [0.717, 1.165) is 27.3 Å². The average molecular weight is 388 g/mol. The molecule has 0 radical (unpaired) electrons. The fourth-order valence-electron chi connectivity index (χ4n) is 3.49. The number of anilines is 2. The fraction of sp³-hybridized carbons (Fsp3) is 0.130. The molecule has 4 nitrogen and oxygen atoms in total. The third-order valence-corrected chi connectivity index (χ3v) is 5.49. The predicted octanol–water partition coefficient (Wildman–Crippen LogP) is 5.07. The first kappa shape index (κ1) is 18.2. The lowest BCUT2D eigenvalue weighted by molar-refractivity contribution is -0.120. The number of rotatable bonds is 4. The van der Waals surface area contributed by atoms with Gasteiger partial charge in [-0.25, -0.2) is 4.90 Å². The van der Waals surface area contributed by atoms with Gasteiger partial charge in [-0.1, -0.05) is 24.3 Å². The number of thiophene rings is 1. The molecule has 5 heteroatoms. The lowest BCUT2D eigenvalue weighted by Crippen LogP contribution is -2.32. The maximum absolute atomic E-state index is 13.3. The number of benzene rings is 2. The van der Waals surface area contributed by atoms with Crippen LogP contribution in [0.5, 0.6) is 0 Å². The van der Waals surface area contributed by atoms with Crippen molar-refractivity contribution < 1.29 is 9.59 Å². The summed E-state index contributed by atoms with van der Waals surface area (Å²) in [6.45, 7) is 5.96. The molecule has 0 spiro atoms. The molecule has 2 heterocycles. The number of carbonyl (C=O) groups excluding carboxylic acids is 2. The number of hydrogen-bond acceptors (Lipinski definition) is 4. The molecule has 2 amide bonds. The molecular weight excluding hydrogens is 368 g/mol. The zero-order valence-electron chi connectivity index (χ0n) is 15.9. The molecule has 4 rings (SSSR count). The summed E-state index contributed by atoms with van der Waals surface area (Å²) >= 11 is 1.45. The minimum absolute atomic E-state index is 0.301. The van der Waals surface area contributed by atoms with Crippen molar-refractivity contribution in [3.05, 3.63) is 87.2 Å². The second kappa shape index (κ2) is 7.09. The van der Waals surface area contributed by atoms with Crippen LogP contribution in [0.15, 0.2) is 65.7 Å². The highest BCUT2D eigenvalue weighted by Crippen LogP contribution is 2.35. The van der Waals surface area contributed by atoms with Crippen molar-refractivity contribution >= 4 is 40.1 Å². The second-order valence-electron chi connectivity index (χ2n) is 7.01. The highest BCUT2D eigenvalue weighted by atomic mass is 32.1. The Bertz CT molecular complexity index is 1090. The van der Waals surface area contributed by atoms with Gasteiger partial charge in [0.1, 0.15) is 5.70 Å². The van der Waals surface area contributed by atoms with E-state index in [-0.39, 0.29) is 11.8 Å². The SMILES string of the molecule is Cc1cc(C)cc(NC2=C(c3cccs3)C(=O)N(c3cccc(C)c3)C2=O)c1. The Morgan fingerprint density at radius 3 is 2.21 bits per heavy atom. The Balaban J connectivity index is 1.81. The number of carbonyl (C=O) groups is 2. The van der Waals surface area contributed by atoms with Crippen molar-refractivity contribution in [3.63, 3.8) is 0 Å². The molecule has 3 aromatic rings. The average Bonchev–Trinajstić information content (AvgIpc) is 3.21. The summed E-state index contributed by atoms with van der Waals surface area (Å²) in [5.41, 5.74) is 5.29. The maximum Gasteiger partial charge on any atom is 0.282 e. The van der Waals surface area contributed by atoms with Crippen LogP contribution in [0, 0.1) is 20.8 Å². The number of amides is 2. The molecule has 0 unspecified atom stereocenters. The van der Waals surface area contributed by atoms with Crippen LogP contribution in [0.2, 0.25) is 0 Å². The van der Waals surface area contributed by atoms with E-state index in [1.165, 1.54) is 16.2 Å². The van der Waals surface area contributed by atoms with Gasteiger partial charge in [0.25, 0.3) is 11.8 Å². The minimum Gasteiger partial charge on any atom is -0.350 e. The van der Waals surface area contributed by atoms with Crippen LogP contribution >= 0.6 is 11.3 Å². The Morgan fingerprint density at radius 2 is 1.57 bits per heavy atom. The molecule has 2 aromatic carbocycles. The zero-order chi connectivity index (χ0) is 19.8. The number of hydrogen-bond donors (Lipinski definition) is 1. The van der Waals surface area contributed by atoms with Gasteiger partial charge in [0.2, 0.25) is 0 Å². The zero-order valence-corrected chi connectivity index (χ0v) is 16.8. The summed E-state index contributed by atoms with van der Waals surface area (Å²) in [7, 11) is 0. The van der Waals surface area contributed by atoms with E-state index < -0.39 is 0 Å². The summed E-state index contributed by atoms with van der Waals surface area (Å²) in [5.74, 6) is -0.636. The van der Waals surface area contributed by atoms with Gasteiger partial charge in [-0.05, 0) is 73.2 Å². The van der Waals surface area contributed by atoms with Crippen LogP contribution in [0.4, 0.5) is 11.4 Å². The van der Waals surface area contributed by atoms with E-state index in [1.807, 2.05) is 68.6 Å². The van der Waals surface area contributed by atoms with E-state index in [9.17, 15) is 9.59 Å². The molecular formula is C23H20N2O2S. The van der Waals surface area contributed by atoms with Crippen molar-refractivity contribution in [1.82, 2.24) is 0 Å². The molecule has 1 aliphatic rings. The predicted molar refractivity (Wildman–Crippen MR) is 114 cm³/mol. The van der Waals surface area contributed by atoms with Crippen LogP contribution in [-0.2, 0) is 9.59 Å². The van der Waals surface area contributed by atoms with Gasteiger partial charge in [-0.15, -0.1) is 11.3 Å². The highest BCUT2D eigenvalue weighted by Gasteiger charge is 2.40. The van der Waals surface area contributed by atoms with Crippen LogP contribution in [-0.4, -0.2) is 11.8 Å². The monoisotopic (exact) mass is 388 g/mol. The number of imide groups is 1. The highest BCUT2D eigenvalue weighted by molar-refractivity contribution is 7.11. The van der Waals surface area contributed by atoms with E-state index in [4.69, 9.17) is 0 Å². The summed E-state index contributed by atoms with van der Waals surface area (Å²) in [6, 6.07) is 17.2. The van der Waals surface area contributed by atoms with Crippen molar-refractivity contribution in [1.29, 1.82) is 0 Å². The third-order valence-electron chi connectivity index (χ3n) is 4.60. The molecule has 28 heavy (non-hydrogen) atoms. The van der Waals surface area contributed by atoms with E-state index in [0.29, 0.717) is 17.0 Å². The molecule has 0 bridgehead atoms. The van der Waals surface area contributed by atoms with Crippen molar-refractivity contribution in [2.75, 3.05) is 10.2 Å². The van der Waals surface area contributed by atoms with E-state index in [2.05, 4.69) is 11.4 Å². The summed E-state index contributed by atoms with van der Waals surface area (Å²) in [6.07, 6.45) is 0. The topological polar surface area (TPSA) is 49.4 Å². The molecule has 0 atom stereocenters. The Hall–Kier alpha value is -3.18. The first-order chi connectivity index (χ1) is 13.4. The lowest BCUT2D eigenvalue weighted by Gasteiger charge is -2.16. The minimum atomic E-state index is -0.335. The normalized spacial score (nSPS) is 14.2. The first-order valence-corrected chi connectivity index (χ1v) is 9.91. The largest absolute Gasteiger partial charge is 0.350 e. The van der Waals surface area contributed by atoms with Crippen molar-refractivity contribution in [2.24, 2.45) is 0 Å². The molecule has 1 N–H and O–H groups in total. The molecule has 140 valence electrons. The van der Waals surface area contributed by atoms with E-state index in [1.54, 1.807) is 6.07 Å². The number of nitrogens with one attached hydrogen (secondary N) is 1. The Kier molecular flexibility index (Phi) is 4.61. The van der Waals surface area contributed by atoms with Gasteiger partial charge in [0.15, 0.2) is 0 Å². The molecule has 0 aliphatic carbocycles. The quantitative estimate of drug-likeness (QED) is 0.635. The van der Waals surface area contributed by atoms with Gasteiger partial charge in [0.05, 0.1) is 11.3 Å². The van der Waals surface area contributed by atoms with Gasteiger partial charge >= 0.3 is 0 Å². The second-order valence-corrected chi connectivity index (χ2v) is 7.96. The summed E-state index contributed by atoms with van der Waals surface area (Å²) in [5, 5.41) is 5.14. The standard InChI is InChI=1S/C23H20N2O2S/c1-14-6-4-7-18(13-14)25-22(26)20(19-8-5-9-28-19)21(23(25)27)24-17-11-15(2)10-16(3)12-17/h4-13,24H,1-3H3. The van der Waals surface area contributed by atoms with Gasteiger partial charge in [-0.2, -0.15) is 0 Å². The van der Waals surface area contributed by atoms with Crippen molar-refractivity contribution in [3.8, 4) is 0 Å². The smallest absolute Gasteiger partial charge is 0.282 e.